The van der Waals surface area contributed by atoms with Gasteiger partial charge >= 0.3 is 0 Å². The van der Waals surface area contributed by atoms with Crippen LogP contribution in [-0.2, 0) is 11.3 Å². The van der Waals surface area contributed by atoms with Crippen LogP contribution >= 0.6 is 0 Å². The molecule has 0 atom stereocenters. The Morgan fingerprint density at radius 1 is 1.27 bits per heavy atom. The second-order valence-electron chi connectivity index (χ2n) is 3.21. The molecule has 0 aliphatic rings. The maximum atomic E-state index is 10.8. The van der Waals surface area contributed by atoms with Gasteiger partial charge in [0, 0.05) is 6.20 Å². The predicted molar refractivity (Wildman–Crippen MR) is 56.9 cm³/mol. The van der Waals surface area contributed by atoms with E-state index in [0.717, 1.165) is 11.3 Å². The number of primary amides is 1. The van der Waals surface area contributed by atoms with Crippen LogP contribution in [0.1, 0.15) is 0 Å². The van der Waals surface area contributed by atoms with Crippen molar-refractivity contribution in [3.05, 3.63) is 42.6 Å². The monoisotopic (exact) mass is 201 g/mol. The van der Waals surface area contributed by atoms with Gasteiger partial charge < -0.3 is 5.73 Å². The molecule has 4 heteroatoms. The molecule has 2 N–H and O–H groups in total. The highest BCUT2D eigenvalue weighted by atomic mass is 16.1. The van der Waals surface area contributed by atoms with Crippen LogP contribution in [0.15, 0.2) is 42.6 Å². The number of nitrogens with zero attached hydrogens (tertiary/aromatic N) is 2. The summed E-state index contributed by atoms with van der Waals surface area (Å²) in [5.74, 6) is -0.393. The molecule has 0 spiro atoms. The van der Waals surface area contributed by atoms with Crippen LogP contribution in [0.4, 0.5) is 0 Å². The highest BCUT2D eigenvalue weighted by Gasteiger charge is 2.06. The molecule has 4 nitrogen and oxygen atoms in total. The number of carbonyl (C=O) groups is 1. The van der Waals surface area contributed by atoms with E-state index in [4.69, 9.17) is 5.73 Å². The molecule has 1 amide bonds. The lowest BCUT2D eigenvalue weighted by Crippen LogP contribution is -2.19. The summed E-state index contributed by atoms with van der Waals surface area (Å²) >= 11 is 0. The molecule has 0 unspecified atom stereocenters. The van der Waals surface area contributed by atoms with Crippen LogP contribution < -0.4 is 5.73 Å². The Bertz CT molecular complexity index is 462. The van der Waals surface area contributed by atoms with Crippen LogP contribution in [0.25, 0.3) is 11.3 Å². The zero-order chi connectivity index (χ0) is 10.7. The van der Waals surface area contributed by atoms with E-state index in [9.17, 15) is 4.79 Å². The van der Waals surface area contributed by atoms with Crippen molar-refractivity contribution in [2.24, 2.45) is 5.73 Å². The molecule has 0 fully saturated rings. The fourth-order valence-corrected chi connectivity index (χ4v) is 1.46. The van der Waals surface area contributed by atoms with E-state index < -0.39 is 5.91 Å². The zero-order valence-corrected chi connectivity index (χ0v) is 8.13. The van der Waals surface area contributed by atoms with Crippen LogP contribution in [0, 0.1) is 0 Å². The normalized spacial score (nSPS) is 10.1. The second-order valence-corrected chi connectivity index (χ2v) is 3.21. The summed E-state index contributed by atoms with van der Waals surface area (Å²) in [5, 5.41) is 4.05. The summed E-state index contributed by atoms with van der Waals surface area (Å²) in [6, 6.07) is 11.6. The molecular weight excluding hydrogens is 190 g/mol. The Hall–Kier alpha value is -2.10. The third-order valence-corrected chi connectivity index (χ3v) is 2.09. The summed E-state index contributed by atoms with van der Waals surface area (Å²) in [5.41, 5.74) is 7.05. The minimum Gasteiger partial charge on any atom is -0.368 e. The van der Waals surface area contributed by atoms with Crippen molar-refractivity contribution in [3.8, 4) is 11.3 Å². The van der Waals surface area contributed by atoms with Crippen molar-refractivity contribution in [1.29, 1.82) is 0 Å². The first-order valence-electron chi connectivity index (χ1n) is 4.63. The third kappa shape index (κ3) is 2.04. The molecule has 0 aliphatic heterocycles. The number of hydrogen-bond donors (Lipinski definition) is 1. The second kappa shape index (κ2) is 3.96. The van der Waals surface area contributed by atoms with Gasteiger partial charge in [0.05, 0.1) is 5.69 Å². The Morgan fingerprint density at radius 3 is 2.67 bits per heavy atom. The summed E-state index contributed by atoms with van der Waals surface area (Å²) in [6.07, 6.45) is 1.66. The maximum absolute atomic E-state index is 10.8. The summed E-state index contributed by atoms with van der Waals surface area (Å²) < 4.78 is 1.59. The summed E-state index contributed by atoms with van der Waals surface area (Å²) in [6.45, 7) is 0.108. The molecule has 0 aliphatic carbocycles. The Morgan fingerprint density at radius 2 is 2.00 bits per heavy atom. The lowest BCUT2D eigenvalue weighted by Gasteiger charge is -2.04. The number of benzene rings is 1. The van der Waals surface area contributed by atoms with E-state index in [-0.39, 0.29) is 6.54 Å². The topological polar surface area (TPSA) is 60.9 Å². The van der Waals surface area contributed by atoms with Gasteiger partial charge in [-0.2, -0.15) is 5.10 Å². The van der Waals surface area contributed by atoms with E-state index in [0.29, 0.717) is 0 Å². The van der Waals surface area contributed by atoms with Crippen LogP contribution in [0.3, 0.4) is 0 Å². The molecule has 1 aromatic carbocycles. The predicted octanol–water partition coefficient (Wildman–Crippen LogP) is 1.04. The van der Waals surface area contributed by atoms with Gasteiger partial charge in [-0.25, -0.2) is 0 Å². The Labute approximate surface area is 87.3 Å². The number of rotatable bonds is 3. The van der Waals surface area contributed by atoms with Gasteiger partial charge in [-0.1, -0.05) is 30.3 Å². The summed E-state index contributed by atoms with van der Waals surface area (Å²) in [4.78, 5) is 10.8. The van der Waals surface area contributed by atoms with Crippen molar-refractivity contribution in [2.75, 3.05) is 0 Å². The smallest absolute Gasteiger partial charge is 0.239 e. The van der Waals surface area contributed by atoms with Gasteiger partial charge in [0.15, 0.2) is 0 Å². The number of nitrogens with two attached hydrogens (primary N) is 1. The third-order valence-electron chi connectivity index (χ3n) is 2.09. The minimum absolute atomic E-state index is 0.108. The van der Waals surface area contributed by atoms with Crippen LogP contribution in [-0.4, -0.2) is 15.7 Å². The highest BCUT2D eigenvalue weighted by Crippen LogP contribution is 2.17. The van der Waals surface area contributed by atoms with Gasteiger partial charge in [0.1, 0.15) is 6.54 Å². The van der Waals surface area contributed by atoms with Crippen LogP contribution in [0.2, 0.25) is 0 Å². The van der Waals surface area contributed by atoms with Crippen molar-refractivity contribution in [1.82, 2.24) is 9.78 Å². The molecule has 2 rings (SSSR count). The van der Waals surface area contributed by atoms with E-state index in [1.54, 1.807) is 10.9 Å². The number of aromatic nitrogens is 2. The largest absolute Gasteiger partial charge is 0.368 e. The molecule has 76 valence electrons. The molecule has 0 radical (unpaired) electrons. The van der Waals surface area contributed by atoms with E-state index >= 15 is 0 Å². The molecule has 0 saturated heterocycles. The van der Waals surface area contributed by atoms with E-state index in [2.05, 4.69) is 5.10 Å². The maximum Gasteiger partial charge on any atom is 0.239 e. The first-order chi connectivity index (χ1) is 7.27. The Balaban J connectivity index is 2.37. The molecule has 2 aromatic rings. The average molecular weight is 201 g/mol. The van der Waals surface area contributed by atoms with Gasteiger partial charge in [0.2, 0.25) is 5.91 Å². The first kappa shape index (κ1) is 9.45. The molecule has 0 bridgehead atoms. The van der Waals surface area contributed by atoms with Crippen LogP contribution in [0.5, 0.6) is 0 Å². The lowest BCUT2D eigenvalue weighted by atomic mass is 10.1. The lowest BCUT2D eigenvalue weighted by molar-refractivity contribution is -0.118. The fraction of sp³-hybridized carbons (Fsp3) is 0.0909. The van der Waals surface area contributed by atoms with E-state index in [1.807, 2.05) is 36.4 Å². The molecule has 15 heavy (non-hydrogen) atoms. The van der Waals surface area contributed by atoms with Crippen molar-refractivity contribution < 1.29 is 4.79 Å². The van der Waals surface area contributed by atoms with Gasteiger partial charge in [0.25, 0.3) is 0 Å². The average Bonchev–Trinajstić information content (AvgIpc) is 2.66. The summed E-state index contributed by atoms with van der Waals surface area (Å²) in [7, 11) is 0. The van der Waals surface area contributed by atoms with Crippen molar-refractivity contribution >= 4 is 5.91 Å². The van der Waals surface area contributed by atoms with E-state index in [1.165, 1.54) is 0 Å². The minimum atomic E-state index is -0.393. The molecular formula is C11H11N3O. The van der Waals surface area contributed by atoms with Gasteiger partial charge in [-0.15, -0.1) is 0 Å². The number of carbonyl (C=O) groups excluding carboxylic acids is 1. The van der Waals surface area contributed by atoms with Gasteiger partial charge in [-0.3, -0.25) is 9.48 Å². The number of amides is 1. The first-order valence-corrected chi connectivity index (χ1v) is 4.63. The SMILES string of the molecule is NC(=O)Cn1nccc1-c1ccccc1. The quantitative estimate of drug-likeness (QED) is 0.806. The molecule has 1 aromatic heterocycles. The zero-order valence-electron chi connectivity index (χ0n) is 8.13. The molecule has 0 saturated carbocycles. The molecule has 1 heterocycles. The highest BCUT2D eigenvalue weighted by molar-refractivity contribution is 5.74. The Kier molecular flexibility index (Phi) is 2.49. The van der Waals surface area contributed by atoms with Gasteiger partial charge in [-0.05, 0) is 11.6 Å². The fourth-order valence-electron chi connectivity index (χ4n) is 1.46. The number of hydrogen-bond acceptors (Lipinski definition) is 2. The van der Waals surface area contributed by atoms with Crippen molar-refractivity contribution in [3.63, 3.8) is 0 Å². The van der Waals surface area contributed by atoms with Crippen molar-refractivity contribution in [2.45, 2.75) is 6.54 Å². The standard InChI is InChI=1S/C11H11N3O/c12-11(15)8-14-10(6-7-13-14)9-4-2-1-3-5-9/h1-7H,8H2,(H2,12,15).